The molecule has 1 aromatic rings. The van der Waals surface area contributed by atoms with Crippen molar-refractivity contribution in [2.75, 3.05) is 13.2 Å². The van der Waals surface area contributed by atoms with E-state index in [9.17, 15) is 29.3 Å². The van der Waals surface area contributed by atoms with E-state index in [1.165, 1.54) is 38.1 Å². The van der Waals surface area contributed by atoms with Gasteiger partial charge in [0.25, 0.3) is 5.69 Å². The van der Waals surface area contributed by atoms with Gasteiger partial charge in [0.05, 0.1) is 24.1 Å². The van der Waals surface area contributed by atoms with Crippen LogP contribution in [0.5, 0.6) is 0 Å². The summed E-state index contributed by atoms with van der Waals surface area (Å²) in [6.45, 7) is 2.89. The number of non-ortho nitro benzene ring substituents is 1. The number of nitrogens with one attached hydrogen (secondary N) is 1. The normalized spacial score (nSPS) is 24.6. The Labute approximate surface area is 164 Å². The topological polar surface area (TPSA) is 151 Å². The fourth-order valence-electron chi connectivity index (χ4n) is 3.75. The van der Waals surface area contributed by atoms with Gasteiger partial charge in [-0.3, -0.25) is 25.0 Å². The number of cyclic esters (lactones) is 2. The van der Waals surface area contributed by atoms with Crippen LogP contribution in [-0.4, -0.2) is 47.6 Å². The maximum atomic E-state index is 12.8. The summed E-state index contributed by atoms with van der Waals surface area (Å²) in [4.78, 5) is 60.7. The summed E-state index contributed by atoms with van der Waals surface area (Å²) in [7, 11) is 0. The van der Waals surface area contributed by atoms with E-state index in [4.69, 9.17) is 14.2 Å². The number of esters is 4. The third kappa shape index (κ3) is 3.12. The van der Waals surface area contributed by atoms with E-state index in [0.29, 0.717) is 5.56 Å². The van der Waals surface area contributed by atoms with Crippen molar-refractivity contribution in [1.82, 2.24) is 5.32 Å². The lowest BCUT2D eigenvalue weighted by molar-refractivity contribution is -0.384. The molecule has 0 saturated carbocycles. The van der Waals surface area contributed by atoms with Crippen molar-refractivity contribution in [2.24, 2.45) is 11.8 Å². The minimum Gasteiger partial charge on any atom is -0.464 e. The zero-order valence-corrected chi connectivity index (χ0v) is 15.6. The minimum atomic E-state index is -2.27. The number of carbonyl (C=O) groups excluding carboxylic acids is 4. The summed E-state index contributed by atoms with van der Waals surface area (Å²) >= 11 is 0. The van der Waals surface area contributed by atoms with Gasteiger partial charge in [-0.25, -0.2) is 9.59 Å². The highest BCUT2D eigenvalue weighted by atomic mass is 16.6. The lowest BCUT2D eigenvalue weighted by atomic mass is 9.79. The summed E-state index contributed by atoms with van der Waals surface area (Å²) in [5.41, 5.74) is -2.10. The van der Waals surface area contributed by atoms with E-state index in [1.54, 1.807) is 0 Å². The molecule has 0 bridgehead atoms. The standard InChI is InChI=1S/C18H18N2O9/c1-3-27-16(23)18(17(24)28-4-2)12-11(14(21)29-15(12)22)13(19-18)9-5-7-10(8-6-9)20(25)26/h5-8,11-13,19H,3-4H2,1-2H3/t11-,12-,13-/m0/s1. The summed E-state index contributed by atoms with van der Waals surface area (Å²) in [6, 6.07) is 4.16. The van der Waals surface area contributed by atoms with Crippen molar-refractivity contribution >= 4 is 29.6 Å². The van der Waals surface area contributed by atoms with E-state index in [0.717, 1.165) is 0 Å². The van der Waals surface area contributed by atoms with Crippen LogP contribution in [0.1, 0.15) is 25.5 Å². The average molecular weight is 406 g/mol. The quantitative estimate of drug-likeness (QED) is 0.231. The Morgan fingerprint density at radius 1 is 1.10 bits per heavy atom. The van der Waals surface area contributed by atoms with Gasteiger partial charge < -0.3 is 14.2 Å². The predicted octanol–water partition coefficient (Wildman–Crippen LogP) is 0.420. The second kappa shape index (κ2) is 7.59. The van der Waals surface area contributed by atoms with Crippen LogP contribution >= 0.6 is 0 Å². The predicted molar refractivity (Wildman–Crippen MR) is 93.0 cm³/mol. The van der Waals surface area contributed by atoms with E-state index in [-0.39, 0.29) is 18.9 Å². The number of benzene rings is 1. The smallest absolute Gasteiger partial charge is 0.339 e. The number of nitro groups is 1. The molecule has 1 N–H and O–H groups in total. The third-order valence-corrected chi connectivity index (χ3v) is 4.95. The summed E-state index contributed by atoms with van der Waals surface area (Å²) < 4.78 is 14.7. The van der Waals surface area contributed by atoms with E-state index < -0.39 is 52.2 Å². The Balaban J connectivity index is 2.11. The van der Waals surface area contributed by atoms with Gasteiger partial charge in [0.2, 0.25) is 5.54 Å². The van der Waals surface area contributed by atoms with E-state index in [1.807, 2.05) is 0 Å². The number of hydrogen-bond acceptors (Lipinski definition) is 10. The van der Waals surface area contributed by atoms with Crippen molar-refractivity contribution in [3.05, 3.63) is 39.9 Å². The second-order valence-corrected chi connectivity index (χ2v) is 6.46. The van der Waals surface area contributed by atoms with Gasteiger partial charge in [-0.05, 0) is 19.4 Å². The van der Waals surface area contributed by atoms with Crippen LogP contribution in [-0.2, 0) is 33.4 Å². The molecule has 11 nitrogen and oxygen atoms in total. The maximum absolute atomic E-state index is 12.8. The van der Waals surface area contributed by atoms with Gasteiger partial charge in [0.1, 0.15) is 5.92 Å². The monoisotopic (exact) mass is 406 g/mol. The fraction of sp³-hybridized carbons (Fsp3) is 0.444. The van der Waals surface area contributed by atoms with E-state index >= 15 is 0 Å². The highest BCUT2D eigenvalue weighted by Gasteiger charge is 2.72. The molecular weight excluding hydrogens is 388 g/mol. The molecule has 154 valence electrons. The molecule has 3 atom stereocenters. The van der Waals surface area contributed by atoms with Crippen LogP contribution in [0.25, 0.3) is 0 Å². The SMILES string of the molecule is CCOC(=O)C1(C(=O)OCC)N[C@@H](c2ccc([N+](=O)[O-])cc2)[C@H]2C(=O)OC(=O)[C@H]21. The maximum Gasteiger partial charge on any atom is 0.339 e. The molecule has 2 aliphatic heterocycles. The Kier molecular flexibility index (Phi) is 5.33. The number of nitrogens with zero attached hydrogens (tertiary/aromatic N) is 1. The lowest BCUT2D eigenvalue weighted by Gasteiger charge is -2.28. The van der Waals surface area contributed by atoms with Crippen LogP contribution < -0.4 is 5.32 Å². The van der Waals surface area contributed by atoms with Crippen LogP contribution in [0.4, 0.5) is 5.69 Å². The van der Waals surface area contributed by atoms with Crippen molar-refractivity contribution in [3.8, 4) is 0 Å². The van der Waals surface area contributed by atoms with Gasteiger partial charge in [0.15, 0.2) is 0 Å². The lowest BCUT2D eigenvalue weighted by Crippen LogP contribution is -2.61. The zero-order valence-electron chi connectivity index (χ0n) is 15.6. The molecule has 0 aliphatic carbocycles. The van der Waals surface area contributed by atoms with Crippen LogP contribution in [0.15, 0.2) is 24.3 Å². The first-order chi connectivity index (χ1) is 13.8. The van der Waals surface area contributed by atoms with Gasteiger partial charge in [-0.15, -0.1) is 0 Å². The summed E-state index contributed by atoms with van der Waals surface area (Å²) in [5, 5.41) is 13.6. The average Bonchev–Trinajstić information content (AvgIpc) is 3.19. The van der Waals surface area contributed by atoms with Crippen molar-refractivity contribution in [2.45, 2.75) is 25.4 Å². The van der Waals surface area contributed by atoms with Gasteiger partial charge in [0, 0.05) is 18.2 Å². The number of hydrogen-bond donors (Lipinski definition) is 1. The van der Waals surface area contributed by atoms with E-state index in [2.05, 4.69) is 5.32 Å². The molecule has 11 heteroatoms. The van der Waals surface area contributed by atoms with Crippen LogP contribution in [0, 0.1) is 22.0 Å². The first-order valence-electron chi connectivity index (χ1n) is 8.89. The molecule has 3 rings (SSSR count). The van der Waals surface area contributed by atoms with Crippen LogP contribution in [0.3, 0.4) is 0 Å². The van der Waals surface area contributed by atoms with Crippen molar-refractivity contribution in [3.63, 3.8) is 0 Å². The molecule has 2 heterocycles. The molecule has 2 aliphatic rings. The molecule has 0 amide bonds. The molecule has 0 unspecified atom stereocenters. The number of fused-ring (bicyclic) bond motifs is 1. The fourth-order valence-corrected chi connectivity index (χ4v) is 3.75. The molecule has 0 radical (unpaired) electrons. The molecule has 2 fully saturated rings. The number of carbonyl (C=O) groups is 4. The zero-order chi connectivity index (χ0) is 21.3. The Bertz CT molecular complexity index is 862. The highest BCUT2D eigenvalue weighted by Crippen LogP contribution is 2.49. The number of nitro benzene ring substituents is 1. The second-order valence-electron chi connectivity index (χ2n) is 6.46. The van der Waals surface area contributed by atoms with Crippen LogP contribution in [0.2, 0.25) is 0 Å². The molecule has 0 spiro atoms. The van der Waals surface area contributed by atoms with Gasteiger partial charge >= 0.3 is 23.9 Å². The van der Waals surface area contributed by atoms with Crippen molar-refractivity contribution < 1.29 is 38.3 Å². The largest absolute Gasteiger partial charge is 0.464 e. The molecule has 0 aromatic heterocycles. The molecular formula is C18H18N2O9. The number of ether oxygens (including phenoxy) is 3. The third-order valence-electron chi connectivity index (χ3n) is 4.95. The Morgan fingerprint density at radius 2 is 1.66 bits per heavy atom. The number of rotatable bonds is 6. The highest BCUT2D eigenvalue weighted by molar-refractivity contribution is 6.13. The molecule has 1 aromatic carbocycles. The minimum absolute atomic E-state index is 0.0791. The first-order valence-corrected chi connectivity index (χ1v) is 8.89. The summed E-state index contributed by atoms with van der Waals surface area (Å²) in [6.07, 6.45) is 0. The molecule has 2 saturated heterocycles. The summed E-state index contributed by atoms with van der Waals surface area (Å²) in [5.74, 6) is -6.79. The van der Waals surface area contributed by atoms with Crippen molar-refractivity contribution in [1.29, 1.82) is 0 Å². The Hall–Kier alpha value is -3.34. The van der Waals surface area contributed by atoms with Gasteiger partial charge in [-0.2, -0.15) is 0 Å². The van der Waals surface area contributed by atoms with Gasteiger partial charge in [-0.1, -0.05) is 12.1 Å². The molecule has 29 heavy (non-hydrogen) atoms. The first kappa shape index (κ1) is 20.4. The Morgan fingerprint density at radius 3 is 2.14 bits per heavy atom.